The molecular weight excluding hydrogens is 136 g/mol. The van der Waals surface area contributed by atoms with Crippen LogP contribution >= 0.6 is 12.6 Å². The highest BCUT2D eigenvalue weighted by Gasteiger charge is 2.31. The fraction of sp³-hybridized carbons (Fsp3) is 1.00. The van der Waals surface area contributed by atoms with E-state index >= 15 is 0 Å². The summed E-state index contributed by atoms with van der Waals surface area (Å²) in [5, 5.41) is 0. The molecule has 0 aromatic rings. The van der Waals surface area contributed by atoms with Gasteiger partial charge in [0.1, 0.15) is 0 Å². The molecule has 0 aromatic carbocycles. The molecule has 0 aliphatic carbocycles. The summed E-state index contributed by atoms with van der Waals surface area (Å²) in [6, 6.07) is 0. The van der Waals surface area contributed by atoms with Crippen LogP contribution in [-0.2, 0) is 9.47 Å². The quantitative estimate of drug-likeness (QED) is 0.561. The standard InChI is InChI=1S/C6H12O2S/c1-6(2)7-3-5(4-9)8-6/h5,9H,3-4H2,1-2H3/t5-/m1/s1. The summed E-state index contributed by atoms with van der Waals surface area (Å²) in [6.45, 7) is 4.50. The maximum absolute atomic E-state index is 5.40. The number of rotatable bonds is 1. The summed E-state index contributed by atoms with van der Waals surface area (Å²) in [7, 11) is 0. The molecule has 0 bridgehead atoms. The van der Waals surface area contributed by atoms with Crippen molar-refractivity contribution in [3.05, 3.63) is 0 Å². The topological polar surface area (TPSA) is 18.5 Å². The molecule has 1 saturated heterocycles. The maximum atomic E-state index is 5.40. The van der Waals surface area contributed by atoms with E-state index in [1.807, 2.05) is 13.8 Å². The van der Waals surface area contributed by atoms with Gasteiger partial charge in [-0.25, -0.2) is 0 Å². The van der Waals surface area contributed by atoms with E-state index in [1.165, 1.54) is 0 Å². The van der Waals surface area contributed by atoms with Gasteiger partial charge in [0.25, 0.3) is 0 Å². The molecule has 1 rings (SSSR count). The van der Waals surface area contributed by atoms with Crippen molar-refractivity contribution in [1.82, 2.24) is 0 Å². The first kappa shape index (κ1) is 7.38. The van der Waals surface area contributed by atoms with E-state index in [9.17, 15) is 0 Å². The fourth-order valence-electron chi connectivity index (χ4n) is 0.853. The summed E-state index contributed by atoms with van der Waals surface area (Å²) < 4.78 is 10.7. The van der Waals surface area contributed by atoms with Crippen LogP contribution in [-0.4, -0.2) is 24.3 Å². The summed E-state index contributed by atoms with van der Waals surface area (Å²) in [6.07, 6.45) is 0.184. The van der Waals surface area contributed by atoms with Crippen molar-refractivity contribution >= 4 is 12.6 Å². The molecule has 0 radical (unpaired) electrons. The van der Waals surface area contributed by atoms with Gasteiger partial charge in [0, 0.05) is 5.75 Å². The predicted octanol–water partition coefficient (Wildman–Crippen LogP) is 1.07. The first-order valence-electron chi connectivity index (χ1n) is 3.07. The minimum absolute atomic E-state index is 0.184. The lowest BCUT2D eigenvalue weighted by molar-refractivity contribution is -0.135. The molecule has 1 fully saturated rings. The van der Waals surface area contributed by atoms with Crippen LogP contribution in [0.1, 0.15) is 13.8 Å². The Kier molecular flexibility index (Phi) is 2.03. The Morgan fingerprint density at radius 2 is 2.33 bits per heavy atom. The van der Waals surface area contributed by atoms with Gasteiger partial charge in [0.05, 0.1) is 12.7 Å². The van der Waals surface area contributed by atoms with E-state index in [-0.39, 0.29) is 11.9 Å². The second kappa shape index (κ2) is 2.48. The Morgan fingerprint density at radius 1 is 1.67 bits per heavy atom. The van der Waals surface area contributed by atoms with Crippen molar-refractivity contribution in [2.24, 2.45) is 0 Å². The summed E-state index contributed by atoms with van der Waals surface area (Å²) in [4.78, 5) is 0. The molecule has 1 aliphatic rings. The van der Waals surface area contributed by atoms with Crippen molar-refractivity contribution in [3.8, 4) is 0 Å². The van der Waals surface area contributed by atoms with Crippen molar-refractivity contribution < 1.29 is 9.47 Å². The molecule has 1 aliphatic heterocycles. The van der Waals surface area contributed by atoms with Crippen molar-refractivity contribution in [1.29, 1.82) is 0 Å². The Morgan fingerprint density at radius 3 is 2.56 bits per heavy atom. The Labute approximate surface area is 60.9 Å². The molecule has 54 valence electrons. The van der Waals surface area contributed by atoms with Crippen LogP contribution in [0.5, 0.6) is 0 Å². The molecule has 0 aromatic heterocycles. The number of hydrogen-bond acceptors (Lipinski definition) is 3. The van der Waals surface area contributed by atoms with Gasteiger partial charge in [0.2, 0.25) is 0 Å². The zero-order valence-corrected chi connectivity index (χ0v) is 6.65. The second-order valence-corrected chi connectivity index (χ2v) is 3.00. The molecule has 0 unspecified atom stereocenters. The third-order valence-corrected chi connectivity index (χ3v) is 1.68. The van der Waals surface area contributed by atoms with E-state index in [2.05, 4.69) is 12.6 Å². The van der Waals surface area contributed by atoms with Gasteiger partial charge in [-0.15, -0.1) is 0 Å². The third-order valence-electron chi connectivity index (χ3n) is 1.27. The maximum Gasteiger partial charge on any atom is 0.163 e. The lowest BCUT2D eigenvalue weighted by Gasteiger charge is -2.15. The van der Waals surface area contributed by atoms with Crippen LogP contribution in [0.2, 0.25) is 0 Å². The highest BCUT2D eigenvalue weighted by Crippen LogP contribution is 2.22. The van der Waals surface area contributed by atoms with Crippen LogP contribution in [0.25, 0.3) is 0 Å². The van der Waals surface area contributed by atoms with Gasteiger partial charge in [-0.05, 0) is 13.8 Å². The number of thiol groups is 1. The SMILES string of the molecule is CC1(C)OC[C@H](CS)O1. The average Bonchev–Trinajstić information content (AvgIpc) is 2.10. The minimum Gasteiger partial charge on any atom is -0.348 e. The van der Waals surface area contributed by atoms with Crippen LogP contribution in [0.15, 0.2) is 0 Å². The van der Waals surface area contributed by atoms with Gasteiger partial charge >= 0.3 is 0 Å². The van der Waals surface area contributed by atoms with Crippen molar-refractivity contribution in [2.45, 2.75) is 25.7 Å². The van der Waals surface area contributed by atoms with Crippen LogP contribution in [0, 0.1) is 0 Å². The molecule has 3 heteroatoms. The first-order chi connectivity index (χ1) is 4.14. The van der Waals surface area contributed by atoms with Gasteiger partial charge in [-0.2, -0.15) is 12.6 Å². The Hall–Kier alpha value is 0.270. The Balaban J connectivity index is 2.38. The molecule has 1 atom stereocenters. The zero-order valence-electron chi connectivity index (χ0n) is 5.76. The average molecular weight is 148 g/mol. The smallest absolute Gasteiger partial charge is 0.163 e. The fourth-order valence-corrected chi connectivity index (χ4v) is 1.03. The molecule has 0 N–H and O–H groups in total. The Bertz CT molecular complexity index is 103. The third kappa shape index (κ3) is 1.85. The van der Waals surface area contributed by atoms with E-state index in [4.69, 9.17) is 9.47 Å². The van der Waals surface area contributed by atoms with Crippen LogP contribution < -0.4 is 0 Å². The highest BCUT2D eigenvalue weighted by atomic mass is 32.1. The molecule has 1 heterocycles. The molecule has 2 nitrogen and oxygen atoms in total. The molecule has 0 saturated carbocycles. The van der Waals surface area contributed by atoms with E-state index in [0.29, 0.717) is 6.61 Å². The highest BCUT2D eigenvalue weighted by molar-refractivity contribution is 7.80. The van der Waals surface area contributed by atoms with Gasteiger partial charge < -0.3 is 9.47 Å². The van der Waals surface area contributed by atoms with Gasteiger partial charge in [-0.3, -0.25) is 0 Å². The van der Waals surface area contributed by atoms with Crippen LogP contribution in [0.3, 0.4) is 0 Å². The summed E-state index contributed by atoms with van der Waals surface area (Å²) >= 11 is 4.09. The minimum atomic E-state index is -0.382. The van der Waals surface area contributed by atoms with Gasteiger partial charge in [-0.1, -0.05) is 0 Å². The van der Waals surface area contributed by atoms with Crippen molar-refractivity contribution in [2.75, 3.05) is 12.4 Å². The van der Waals surface area contributed by atoms with E-state index in [1.54, 1.807) is 0 Å². The number of ether oxygens (including phenoxy) is 2. The largest absolute Gasteiger partial charge is 0.348 e. The normalized spacial score (nSPS) is 33.0. The molecule has 0 amide bonds. The second-order valence-electron chi connectivity index (χ2n) is 2.63. The zero-order chi connectivity index (χ0) is 6.91. The number of hydrogen-bond donors (Lipinski definition) is 1. The van der Waals surface area contributed by atoms with E-state index in [0.717, 1.165) is 5.75 Å². The van der Waals surface area contributed by atoms with Crippen molar-refractivity contribution in [3.63, 3.8) is 0 Å². The van der Waals surface area contributed by atoms with E-state index < -0.39 is 0 Å². The predicted molar refractivity (Wildman–Crippen MR) is 38.8 cm³/mol. The lowest BCUT2D eigenvalue weighted by Crippen LogP contribution is -2.21. The first-order valence-corrected chi connectivity index (χ1v) is 3.70. The lowest BCUT2D eigenvalue weighted by atomic mass is 10.4. The summed E-state index contributed by atoms with van der Waals surface area (Å²) in [5.41, 5.74) is 0. The molecule has 9 heavy (non-hydrogen) atoms. The molecule has 0 spiro atoms. The summed E-state index contributed by atoms with van der Waals surface area (Å²) in [5.74, 6) is 0.358. The molecular formula is C6H12O2S. The monoisotopic (exact) mass is 148 g/mol. The van der Waals surface area contributed by atoms with Gasteiger partial charge in [0.15, 0.2) is 5.79 Å². The van der Waals surface area contributed by atoms with Crippen LogP contribution in [0.4, 0.5) is 0 Å².